The number of nitrogens with two attached hydrogens (primary N) is 1. The maximum Gasteiger partial charge on any atom is 0.326 e. The van der Waals surface area contributed by atoms with Crippen LogP contribution in [0.25, 0.3) is 0 Å². The second kappa shape index (κ2) is 14.0. The third-order valence-corrected chi connectivity index (χ3v) is 5.38. The minimum atomic E-state index is -1.35. The van der Waals surface area contributed by atoms with Crippen LogP contribution < -0.4 is 21.7 Å². The van der Waals surface area contributed by atoms with Crippen molar-refractivity contribution in [3.63, 3.8) is 0 Å². The van der Waals surface area contributed by atoms with E-state index in [9.17, 15) is 29.4 Å². The largest absolute Gasteiger partial charge is 0.480 e. The van der Waals surface area contributed by atoms with E-state index in [2.05, 4.69) is 25.9 Å². The van der Waals surface area contributed by atoms with Crippen LogP contribution in [0, 0.1) is 5.92 Å². The van der Waals surface area contributed by atoms with Gasteiger partial charge in [-0.25, -0.2) is 9.78 Å². The molecule has 0 aliphatic heterocycles. The molecule has 0 saturated heterocycles. The van der Waals surface area contributed by atoms with Crippen molar-refractivity contribution < 1.29 is 29.4 Å². The van der Waals surface area contributed by atoms with Gasteiger partial charge in [0.2, 0.25) is 17.7 Å². The van der Waals surface area contributed by atoms with Crippen molar-refractivity contribution in [1.29, 1.82) is 0 Å². The molecule has 196 valence electrons. The Hall–Kier alpha value is -3.77. The van der Waals surface area contributed by atoms with Crippen LogP contribution >= 0.6 is 0 Å². The SMILES string of the molecule is CC(C)CC(NC(=O)C(CO)NC(=O)C(N)Cc1ccccc1)C(=O)NC(Cc1cnc[nH]1)C(=O)O. The van der Waals surface area contributed by atoms with Crippen LogP contribution in [0.1, 0.15) is 31.5 Å². The van der Waals surface area contributed by atoms with Crippen LogP contribution in [-0.2, 0) is 32.0 Å². The number of rotatable bonds is 14. The number of aliphatic carboxylic acids is 1. The van der Waals surface area contributed by atoms with Gasteiger partial charge in [-0.05, 0) is 24.3 Å². The molecule has 2 aromatic rings. The summed E-state index contributed by atoms with van der Waals surface area (Å²) in [6, 6.07) is 4.44. The predicted molar refractivity (Wildman–Crippen MR) is 130 cm³/mol. The monoisotopic (exact) mass is 502 g/mol. The Morgan fingerprint density at radius 3 is 2.11 bits per heavy atom. The number of carbonyl (C=O) groups excluding carboxylic acids is 3. The van der Waals surface area contributed by atoms with Crippen molar-refractivity contribution in [3.8, 4) is 0 Å². The molecular weight excluding hydrogens is 468 g/mol. The van der Waals surface area contributed by atoms with Gasteiger partial charge < -0.3 is 36.9 Å². The summed E-state index contributed by atoms with van der Waals surface area (Å²) in [4.78, 5) is 56.5. The maximum atomic E-state index is 12.9. The number of nitrogens with zero attached hydrogens (tertiary/aromatic N) is 1. The van der Waals surface area contributed by atoms with E-state index >= 15 is 0 Å². The molecule has 4 unspecified atom stereocenters. The summed E-state index contributed by atoms with van der Waals surface area (Å²) < 4.78 is 0. The second-order valence-electron chi connectivity index (χ2n) is 8.91. The molecule has 0 bridgehead atoms. The molecule has 1 aromatic carbocycles. The van der Waals surface area contributed by atoms with Crippen LogP contribution in [0.3, 0.4) is 0 Å². The van der Waals surface area contributed by atoms with Crippen molar-refractivity contribution in [1.82, 2.24) is 25.9 Å². The molecule has 4 atom stereocenters. The third kappa shape index (κ3) is 9.12. The molecule has 12 heteroatoms. The smallest absolute Gasteiger partial charge is 0.326 e. The molecule has 12 nitrogen and oxygen atoms in total. The van der Waals surface area contributed by atoms with Gasteiger partial charge in [-0.15, -0.1) is 0 Å². The molecule has 0 aliphatic carbocycles. The van der Waals surface area contributed by atoms with Crippen LogP contribution in [0.15, 0.2) is 42.9 Å². The average Bonchev–Trinajstić information content (AvgIpc) is 3.34. The number of carboxylic acids is 1. The average molecular weight is 503 g/mol. The number of nitrogens with one attached hydrogen (secondary N) is 4. The molecule has 0 radical (unpaired) electrons. The van der Waals surface area contributed by atoms with E-state index in [1.807, 2.05) is 44.2 Å². The second-order valence-corrected chi connectivity index (χ2v) is 8.91. The molecule has 8 N–H and O–H groups in total. The van der Waals surface area contributed by atoms with Gasteiger partial charge in [0, 0.05) is 18.3 Å². The summed E-state index contributed by atoms with van der Waals surface area (Å²) in [5.41, 5.74) is 7.31. The first kappa shape index (κ1) is 28.5. The normalized spacial score (nSPS) is 14.4. The highest BCUT2D eigenvalue weighted by Crippen LogP contribution is 2.08. The van der Waals surface area contributed by atoms with Gasteiger partial charge >= 0.3 is 5.97 Å². The van der Waals surface area contributed by atoms with Crippen molar-refractivity contribution in [2.75, 3.05) is 6.61 Å². The Morgan fingerprint density at radius 1 is 0.944 bits per heavy atom. The summed E-state index contributed by atoms with van der Waals surface area (Å²) >= 11 is 0. The van der Waals surface area contributed by atoms with Gasteiger partial charge in [0.25, 0.3) is 0 Å². The zero-order valence-corrected chi connectivity index (χ0v) is 20.3. The first-order valence-electron chi connectivity index (χ1n) is 11.6. The van der Waals surface area contributed by atoms with Crippen LogP contribution in [0.5, 0.6) is 0 Å². The fourth-order valence-electron chi connectivity index (χ4n) is 3.50. The van der Waals surface area contributed by atoms with Gasteiger partial charge in [-0.2, -0.15) is 0 Å². The fraction of sp³-hybridized carbons (Fsp3) is 0.458. The molecule has 0 aliphatic rings. The summed E-state index contributed by atoms with van der Waals surface area (Å²) in [6.45, 7) is 2.95. The lowest BCUT2D eigenvalue weighted by molar-refractivity contribution is -0.142. The van der Waals surface area contributed by atoms with Crippen molar-refractivity contribution >= 4 is 23.7 Å². The van der Waals surface area contributed by atoms with E-state index < -0.39 is 54.5 Å². The molecule has 2 rings (SSSR count). The Labute approximate surface area is 209 Å². The molecular formula is C24H34N6O6. The number of hydrogen-bond donors (Lipinski definition) is 7. The Morgan fingerprint density at radius 2 is 1.56 bits per heavy atom. The molecule has 1 heterocycles. The van der Waals surface area contributed by atoms with Gasteiger partial charge in [0.15, 0.2) is 0 Å². The number of H-pyrrole nitrogens is 1. The topological polar surface area (TPSA) is 200 Å². The number of aliphatic hydroxyl groups excluding tert-OH is 1. The summed E-state index contributed by atoms with van der Waals surface area (Å²) in [6.07, 6.45) is 3.25. The number of benzene rings is 1. The van der Waals surface area contributed by atoms with Crippen molar-refractivity contribution in [2.24, 2.45) is 11.7 Å². The Balaban J connectivity index is 2.02. The third-order valence-electron chi connectivity index (χ3n) is 5.38. The number of aromatic amines is 1. The highest BCUT2D eigenvalue weighted by atomic mass is 16.4. The molecule has 1 aromatic heterocycles. The van der Waals surface area contributed by atoms with Crippen LogP contribution in [0.2, 0.25) is 0 Å². The number of carboxylic acid groups (broad SMARTS) is 1. The lowest BCUT2D eigenvalue weighted by Crippen LogP contribution is -2.58. The van der Waals surface area contributed by atoms with E-state index in [0.29, 0.717) is 5.69 Å². The van der Waals surface area contributed by atoms with E-state index in [1.165, 1.54) is 12.5 Å². The highest BCUT2D eigenvalue weighted by Gasteiger charge is 2.30. The molecule has 0 saturated carbocycles. The van der Waals surface area contributed by atoms with Gasteiger partial charge in [0.05, 0.1) is 19.0 Å². The van der Waals surface area contributed by atoms with E-state index in [-0.39, 0.29) is 25.2 Å². The Bertz CT molecular complexity index is 998. The lowest BCUT2D eigenvalue weighted by atomic mass is 10.0. The van der Waals surface area contributed by atoms with E-state index in [1.54, 1.807) is 0 Å². The predicted octanol–water partition coefficient (Wildman–Crippen LogP) is -0.900. The minimum absolute atomic E-state index is 0.0293. The minimum Gasteiger partial charge on any atom is -0.480 e. The number of aromatic nitrogens is 2. The summed E-state index contributed by atoms with van der Waals surface area (Å²) in [5.74, 6) is -3.41. The zero-order chi connectivity index (χ0) is 26.7. The number of imidazole rings is 1. The van der Waals surface area contributed by atoms with E-state index in [4.69, 9.17) is 5.73 Å². The number of hydrogen-bond acceptors (Lipinski definition) is 7. The summed E-state index contributed by atoms with van der Waals surface area (Å²) in [7, 11) is 0. The van der Waals surface area contributed by atoms with Gasteiger partial charge in [-0.3, -0.25) is 14.4 Å². The maximum absolute atomic E-state index is 12.9. The molecule has 0 spiro atoms. The molecule has 36 heavy (non-hydrogen) atoms. The molecule has 0 fully saturated rings. The first-order chi connectivity index (χ1) is 17.1. The fourth-order valence-corrected chi connectivity index (χ4v) is 3.50. The number of aliphatic hydroxyl groups is 1. The van der Waals surface area contributed by atoms with Crippen LogP contribution in [0.4, 0.5) is 0 Å². The van der Waals surface area contributed by atoms with Crippen molar-refractivity contribution in [2.45, 2.75) is 57.3 Å². The van der Waals surface area contributed by atoms with Crippen LogP contribution in [-0.4, -0.2) is 74.6 Å². The zero-order valence-electron chi connectivity index (χ0n) is 20.3. The lowest BCUT2D eigenvalue weighted by Gasteiger charge is -2.25. The Kier molecular flexibility index (Phi) is 11.0. The quantitative estimate of drug-likeness (QED) is 0.172. The molecule has 3 amide bonds. The first-order valence-corrected chi connectivity index (χ1v) is 11.6. The highest BCUT2D eigenvalue weighted by molar-refractivity contribution is 5.94. The number of carbonyl (C=O) groups is 4. The summed E-state index contributed by atoms with van der Waals surface area (Å²) in [5, 5.41) is 26.6. The van der Waals surface area contributed by atoms with Gasteiger partial charge in [0.1, 0.15) is 18.1 Å². The number of amides is 3. The standard InChI is InChI=1S/C24H34N6O6/c1-14(2)8-18(22(33)29-19(24(35)36)10-16-11-26-13-27-16)28-23(34)20(12-31)30-21(32)17(25)9-15-6-4-3-5-7-15/h3-7,11,13-14,17-20,31H,8-10,12,25H2,1-2H3,(H,26,27)(H,28,34)(H,29,33)(H,30,32)(H,35,36). The van der Waals surface area contributed by atoms with E-state index in [0.717, 1.165) is 5.56 Å². The van der Waals surface area contributed by atoms with Crippen molar-refractivity contribution in [3.05, 3.63) is 54.1 Å². The van der Waals surface area contributed by atoms with Gasteiger partial charge in [-0.1, -0.05) is 44.2 Å².